The molecule has 0 aliphatic carbocycles. The number of benzene rings is 1. The van der Waals surface area contributed by atoms with Crippen molar-refractivity contribution >= 4 is 0 Å². The molecule has 0 amide bonds. The van der Waals surface area contributed by atoms with E-state index in [1.165, 1.54) is 18.2 Å². The fourth-order valence-electron chi connectivity index (χ4n) is 2.67. The molecule has 1 aromatic carbocycles. The Balaban J connectivity index is 2.17. The number of hydrogen-bond acceptors (Lipinski definition) is 4. The summed E-state index contributed by atoms with van der Waals surface area (Å²) in [4.78, 5) is 6.63. The molecule has 0 saturated carbocycles. The standard InChI is InChI=1S/C18H21F4N3O/c1-11(2)9-17(3,23)10-26-15-5-4-12(8-13(15)19)14-6-7-24-16(25-14)18(20,21)22/h4-8,11H,9-10,23H2,1-3H3/t17-/m0/s1. The number of hydrogen-bond donors (Lipinski definition) is 1. The second kappa shape index (κ2) is 7.57. The number of alkyl halides is 3. The third-order valence-corrected chi connectivity index (χ3v) is 3.57. The Kier molecular flexibility index (Phi) is 5.85. The molecule has 1 atom stereocenters. The van der Waals surface area contributed by atoms with E-state index >= 15 is 0 Å². The van der Waals surface area contributed by atoms with Gasteiger partial charge in [-0.2, -0.15) is 13.2 Å². The fraction of sp³-hybridized carbons (Fsp3) is 0.444. The normalized spacial score (nSPS) is 14.3. The Bertz CT molecular complexity index is 760. The molecule has 26 heavy (non-hydrogen) atoms. The van der Waals surface area contributed by atoms with E-state index in [0.717, 1.165) is 12.3 Å². The van der Waals surface area contributed by atoms with Gasteiger partial charge in [0.15, 0.2) is 11.6 Å². The zero-order valence-electron chi connectivity index (χ0n) is 14.8. The summed E-state index contributed by atoms with van der Waals surface area (Å²) in [6.45, 7) is 5.99. The van der Waals surface area contributed by atoms with Crippen LogP contribution >= 0.6 is 0 Å². The van der Waals surface area contributed by atoms with Crippen molar-refractivity contribution in [1.29, 1.82) is 0 Å². The van der Waals surface area contributed by atoms with Crippen LogP contribution in [-0.2, 0) is 6.18 Å². The first-order chi connectivity index (χ1) is 12.0. The lowest BCUT2D eigenvalue weighted by atomic mass is 9.93. The van der Waals surface area contributed by atoms with Crippen molar-refractivity contribution in [2.75, 3.05) is 6.61 Å². The number of nitrogens with zero attached hydrogens (tertiary/aromatic N) is 2. The van der Waals surface area contributed by atoms with Crippen LogP contribution in [0.3, 0.4) is 0 Å². The lowest BCUT2D eigenvalue weighted by molar-refractivity contribution is -0.144. The zero-order valence-corrected chi connectivity index (χ0v) is 14.8. The van der Waals surface area contributed by atoms with Crippen molar-refractivity contribution < 1.29 is 22.3 Å². The molecule has 4 nitrogen and oxygen atoms in total. The molecule has 2 aromatic rings. The van der Waals surface area contributed by atoms with Crippen molar-refractivity contribution in [3.63, 3.8) is 0 Å². The topological polar surface area (TPSA) is 61.0 Å². The minimum absolute atomic E-state index is 0.0146. The maximum absolute atomic E-state index is 14.3. The maximum Gasteiger partial charge on any atom is 0.451 e. The first-order valence-electron chi connectivity index (χ1n) is 8.10. The van der Waals surface area contributed by atoms with Crippen LogP contribution in [0.4, 0.5) is 17.6 Å². The van der Waals surface area contributed by atoms with Crippen LogP contribution in [0.2, 0.25) is 0 Å². The van der Waals surface area contributed by atoms with E-state index in [9.17, 15) is 17.6 Å². The molecule has 0 aliphatic heterocycles. The maximum atomic E-state index is 14.3. The Hall–Kier alpha value is -2.22. The number of ether oxygens (including phenoxy) is 1. The molecule has 0 aliphatic rings. The molecule has 1 heterocycles. The largest absolute Gasteiger partial charge is 0.489 e. The Labute approximate surface area is 149 Å². The van der Waals surface area contributed by atoms with Gasteiger partial charge in [-0.25, -0.2) is 14.4 Å². The van der Waals surface area contributed by atoms with E-state index in [4.69, 9.17) is 10.5 Å². The van der Waals surface area contributed by atoms with E-state index in [2.05, 4.69) is 9.97 Å². The molecule has 0 spiro atoms. The summed E-state index contributed by atoms with van der Waals surface area (Å²) in [5, 5.41) is 0. The highest BCUT2D eigenvalue weighted by molar-refractivity contribution is 5.60. The molecule has 0 unspecified atom stereocenters. The zero-order chi connectivity index (χ0) is 19.5. The van der Waals surface area contributed by atoms with Crippen LogP contribution < -0.4 is 10.5 Å². The minimum atomic E-state index is -4.67. The summed E-state index contributed by atoms with van der Waals surface area (Å²) >= 11 is 0. The molecule has 0 fully saturated rings. The van der Waals surface area contributed by atoms with Crippen molar-refractivity contribution in [3.8, 4) is 17.0 Å². The van der Waals surface area contributed by atoms with Gasteiger partial charge in [-0.3, -0.25) is 0 Å². The summed E-state index contributed by atoms with van der Waals surface area (Å²) in [6, 6.07) is 5.15. The average Bonchev–Trinajstić information content (AvgIpc) is 2.52. The monoisotopic (exact) mass is 371 g/mol. The van der Waals surface area contributed by atoms with Crippen molar-refractivity contribution in [3.05, 3.63) is 42.1 Å². The fourth-order valence-corrected chi connectivity index (χ4v) is 2.67. The molecule has 0 saturated heterocycles. The summed E-state index contributed by atoms with van der Waals surface area (Å²) < 4.78 is 57.8. The van der Waals surface area contributed by atoms with E-state index in [-0.39, 0.29) is 23.6 Å². The van der Waals surface area contributed by atoms with E-state index < -0.39 is 23.4 Å². The molecule has 142 valence electrons. The molecule has 0 radical (unpaired) electrons. The van der Waals surface area contributed by atoms with Gasteiger partial charge in [-0.15, -0.1) is 0 Å². The molecule has 8 heteroatoms. The highest BCUT2D eigenvalue weighted by Gasteiger charge is 2.34. The Morgan fingerprint density at radius 3 is 2.46 bits per heavy atom. The summed E-state index contributed by atoms with van der Waals surface area (Å²) in [7, 11) is 0. The van der Waals surface area contributed by atoms with Gasteiger partial charge < -0.3 is 10.5 Å². The van der Waals surface area contributed by atoms with Crippen LogP contribution in [0.15, 0.2) is 30.5 Å². The predicted octanol–water partition coefficient (Wildman–Crippen LogP) is 4.44. The smallest absolute Gasteiger partial charge is 0.451 e. The number of nitrogens with two attached hydrogens (primary N) is 1. The van der Waals surface area contributed by atoms with Crippen molar-refractivity contribution in [2.24, 2.45) is 11.7 Å². The van der Waals surface area contributed by atoms with Crippen LogP contribution in [0.5, 0.6) is 5.75 Å². The summed E-state index contributed by atoms with van der Waals surface area (Å²) in [5.41, 5.74) is 5.67. The molecular weight excluding hydrogens is 350 g/mol. The third kappa shape index (κ3) is 5.39. The van der Waals surface area contributed by atoms with E-state index in [1.807, 2.05) is 20.8 Å². The van der Waals surface area contributed by atoms with Gasteiger partial charge in [0.25, 0.3) is 0 Å². The second-order valence-electron chi connectivity index (χ2n) is 6.95. The van der Waals surface area contributed by atoms with Gasteiger partial charge in [0.05, 0.1) is 5.69 Å². The highest BCUT2D eigenvalue weighted by atomic mass is 19.4. The summed E-state index contributed by atoms with van der Waals surface area (Å²) in [6.07, 6.45) is -2.98. The average molecular weight is 371 g/mol. The van der Waals surface area contributed by atoms with Crippen LogP contribution in [-0.4, -0.2) is 22.1 Å². The lowest BCUT2D eigenvalue weighted by Gasteiger charge is -2.26. The van der Waals surface area contributed by atoms with Gasteiger partial charge in [-0.05, 0) is 43.5 Å². The van der Waals surface area contributed by atoms with E-state index in [0.29, 0.717) is 12.3 Å². The van der Waals surface area contributed by atoms with Crippen molar-refractivity contribution in [1.82, 2.24) is 9.97 Å². The Morgan fingerprint density at radius 1 is 1.19 bits per heavy atom. The molecule has 2 N–H and O–H groups in total. The first-order valence-corrected chi connectivity index (χ1v) is 8.10. The third-order valence-electron chi connectivity index (χ3n) is 3.57. The van der Waals surface area contributed by atoms with E-state index in [1.54, 1.807) is 0 Å². The molecule has 0 bridgehead atoms. The van der Waals surface area contributed by atoms with Crippen molar-refractivity contribution in [2.45, 2.75) is 38.9 Å². The second-order valence-corrected chi connectivity index (χ2v) is 6.95. The van der Waals surface area contributed by atoms with Gasteiger partial charge >= 0.3 is 6.18 Å². The van der Waals surface area contributed by atoms with Crippen LogP contribution in [0.25, 0.3) is 11.3 Å². The highest BCUT2D eigenvalue weighted by Crippen LogP contribution is 2.29. The van der Waals surface area contributed by atoms with Gasteiger partial charge in [0.1, 0.15) is 6.61 Å². The first kappa shape index (κ1) is 20.1. The lowest BCUT2D eigenvalue weighted by Crippen LogP contribution is -2.43. The number of rotatable bonds is 6. The number of aromatic nitrogens is 2. The number of halogens is 4. The predicted molar refractivity (Wildman–Crippen MR) is 90.0 cm³/mol. The minimum Gasteiger partial charge on any atom is -0.489 e. The molecule has 2 rings (SSSR count). The van der Waals surface area contributed by atoms with Crippen LogP contribution in [0.1, 0.15) is 33.0 Å². The van der Waals surface area contributed by atoms with Gasteiger partial charge in [-0.1, -0.05) is 13.8 Å². The quantitative estimate of drug-likeness (QED) is 0.763. The van der Waals surface area contributed by atoms with Gasteiger partial charge in [0.2, 0.25) is 5.82 Å². The SMILES string of the molecule is CC(C)C[C@](C)(N)COc1ccc(-c2ccnc(C(F)(F)F)n2)cc1F. The molecule has 1 aromatic heterocycles. The summed E-state index contributed by atoms with van der Waals surface area (Å²) in [5.74, 6) is -1.63. The van der Waals surface area contributed by atoms with Gasteiger partial charge in [0, 0.05) is 17.3 Å². The van der Waals surface area contributed by atoms with Crippen LogP contribution in [0, 0.1) is 11.7 Å². The Morgan fingerprint density at radius 2 is 1.88 bits per heavy atom. The molecular formula is C18H21F4N3O.